The first-order chi connectivity index (χ1) is 7.33. The Morgan fingerprint density at radius 1 is 1.27 bits per heavy atom. The van der Waals surface area contributed by atoms with E-state index in [1.54, 1.807) is 0 Å². The summed E-state index contributed by atoms with van der Waals surface area (Å²) in [5, 5.41) is 0. The molecule has 1 aromatic carbocycles. The average Bonchev–Trinajstić information content (AvgIpc) is 2.23. The molecular weight excluding hydrogens is 204 g/mol. The molecule has 0 atom stereocenters. The lowest BCUT2D eigenvalue weighted by molar-refractivity contribution is 0.309. The zero-order valence-electron chi connectivity index (χ0n) is 9.66. The Balaban J connectivity index is 2.10. The van der Waals surface area contributed by atoms with Crippen LogP contribution in [0.4, 0.5) is 0 Å². The summed E-state index contributed by atoms with van der Waals surface area (Å²) in [6.07, 6.45) is 2.41. The third kappa shape index (κ3) is 5.73. The molecule has 0 aliphatic carbocycles. The van der Waals surface area contributed by atoms with Crippen molar-refractivity contribution >= 4 is 11.8 Å². The maximum Gasteiger partial charge on any atom is 0.119 e. The van der Waals surface area contributed by atoms with Gasteiger partial charge in [-0.1, -0.05) is 19.1 Å². The Bertz CT molecular complexity index is 273. The topological polar surface area (TPSA) is 9.23 Å². The molecule has 0 N–H and O–H groups in total. The molecule has 1 aromatic rings. The van der Waals surface area contributed by atoms with Crippen molar-refractivity contribution in [3.8, 4) is 5.75 Å². The van der Waals surface area contributed by atoms with Gasteiger partial charge in [0.25, 0.3) is 0 Å². The van der Waals surface area contributed by atoms with Crippen LogP contribution >= 0.6 is 11.8 Å². The minimum atomic E-state index is 0.841. The fraction of sp³-hybridized carbons (Fsp3) is 0.538. The van der Waals surface area contributed by atoms with Gasteiger partial charge in [-0.05, 0) is 49.0 Å². The van der Waals surface area contributed by atoms with Crippen LogP contribution in [0.3, 0.4) is 0 Å². The largest absolute Gasteiger partial charge is 0.494 e. The number of rotatable bonds is 7. The molecule has 0 heterocycles. The number of unbranched alkanes of at least 4 members (excludes halogenated alkanes) is 1. The predicted octanol–water partition coefficient (Wildman–Crippen LogP) is 3.91. The van der Waals surface area contributed by atoms with E-state index in [9.17, 15) is 0 Å². The molecule has 84 valence electrons. The molecule has 0 unspecified atom stereocenters. The van der Waals surface area contributed by atoms with Crippen molar-refractivity contribution in [3.05, 3.63) is 29.8 Å². The van der Waals surface area contributed by atoms with Gasteiger partial charge < -0.3 is 4.74 Å². The molecule has 0 radical (unpaired) electrons. The minimum Gasteiger partial charge on any atom is -0.494 e. The summed E-state index contributed by atoms with van der Waals surface area (Å²) in [6, 6.07) is 8.23. The zero-order chi connectivity index (χ0) is 10.9. The third-order valence-electron chi connectivity index (χ3n) is 2.15. The van der Waals surface area contributed by atoms with Crippen molar-refractivity contribution < 1.29 is 4.74 Å². The number of ether oxygens (including phenoxy) is 1. The van der Waals surface area contributed by atoms with Crippen LogP contribution in [0, 0.1) is 6.92 Å². The van der Waals surface area contributed by atoms with Gasteiger partial charge in [-0.15, -0.1) is 0 Å². The van der Waals surface area contributed by atoms with Crippen molar-refractivity contribution in [2.75, 3.05) is 18.1 Å². The molecule has 0 fully saturated rings. The van der Waals surface area contributed by atoms with Crippen LogP contribution in [0.1, 0.15) is 25.3 Å². The molecule has 0 saturated carbocycles. The van der Waals surface area contributed by atoms with E-state index < -0.39 is 0 Å². The summed E-state index contributed by atoms with van der Waals surface area (Å²) < 4.78 is 5.66. The maximum absolute atomic E-state index is 5.66. The lowest BCUT2D eigenvalue weighted by atomic mass is 10.2. The first kappa shape index (κ1) is 12.4. The molecule has 2 heteroatoms. The fourth-order valence-electron chi connectivity index (χ4n) is 1.35. The van der Waals surface area contributed by atoms with E-state index in [0.717, 1.165) is 18.8 Å². The van der Waals surface area contributed by atoms with E-state index in [4.69, 9.17) is 4.74 Å². The first-order valence-electron chi connectivity index (χ1n) is 5.60. The Morgan fingerprint density at radius 2 is 2.13 bits per heavy atom. The first-order valence-corrected chi connectivity index (χ1v) is 6.75. The predicted molar refractivity (Wildman–Crippen MR) is 68.9 cm³/mol. The van der Waals surface area contributed by atoms with Gasteiger partial charge in [-0.2, -0.15) is 11.8 Å². The van der Waals surface area contributed by atoms with Crippen molar-refractivity contribution in [1.82, 2.24) is 0 Å². The second-order valence-electron chi connectivity index (χ2n) is 3.57. The van der Waals surface area contributed by atoms with Gasteiger partial charge in [0.05, 0.1) is 6.61 Å². The van der Waals surface area contributed by atoms with Crippen molar-refractivity contribution in [2.24, 2.45) is 0 Å². The van der Waals surface area contributed by atoms with Crippen LogP contribution in [0.5, 0.6) is 5.75 Å². The van der Waals surface area contributed by atoms with Gasteiger partial charge in [0, 0.05) is 0 Å². The lowest BCUT2D eigenvalue weighted by Crippen LogP contribution is -1.98. The summed E-state index contributed by atoms with van der Waals surface area (Å²) in [7, 11) is 0. The number of hydrogen-bond donors (Lipinski definition) is 0. The van der Waals surface area contributed by atoms with Gasteiger partial charge in [0.2, 0.25) is 0 Å². The molecule has 0 aliphatic heterocycles. The standard InChI is InChI=1S/C13H20OS/c1-3-15-10-5-4-9-14-13-8-6-7-12(2)11-13/h6-8,11H,3-5,9-10H2,1-2H3. The number of aryl methyl sites for hydroxylation is 1. The molecule has 0 aromatic heterocycles. The van der Waals surface area contributed by atoms with Crippen LogP contribution in [0.25, 0.3) is 0 Å². The number of thioether (sulfide) groups is 1. The number of benzene rings is 1. The van der Waals surface area contributed by atoms with E-state index in [1.165, 1.54) is 23.5 Å². The summed E-state index contributed by atoms with van der Waals surface area (Å²) in [4.78, 5) is 0. The van der Waals surface area contributed by atoms with Gasteiger partial charge in [0.15, 0.2) is 0 Å². The van der Waals surface area contributed by atoms with Crippen LogP contribution in [0.2, 0.25) is 0 Å². The molecule has 0 saturated heterocycles. The average molecular weight is 224 g/mol. The van der Waals surface area contributed by atoms with Gasteiger partial charge in [0.1, 0.15) is 5.75 Å². The smallest absolute Gasteiger partial charge is 0.119 e. The monoisotopic (exact) mass is 224 g/mol. The lowest BCUT2D eigenvalue weighted by Gasteiger charge is -2.06. The summed E-state index contributed by atoms with van der Waals surface area (Å²) >= 11 is 2.00. The van der Waals surface area contributed by atoms with Crippen molar-refractivity contribution in [3.63, 3.8) is 0 Å². The van der Waals surface area contributed by atoms with E-state index in [-0.39, 0.29) is 0 Å². The Morgan fingerprint density at radius 3 is 2.87 bits per heavy atom. The molecular formula is C13H20OS. The third-order valence-corrected chi connectivity index (χ3v) is 3.13. The van der Waals surface area contributed by atoms with Crippen LogP contribution in [0.15, 0.2) is 24.3 Å². The second-order valence-corrected chi connectivity index (χ2v) is 4.96. The fourth-order valence-corrected chi connectivity index (χ4v) is 2.04. The van der Waals surface area contributed by atoms with E-state index in [0.29, 0.717) is 0 Å². The van der Waals surface area contributed by atoms with Crippen LogP contribution in [-0.2, 0) is 0 Å². The molecule has 15 heavy (non-hydrogen) atoms. The molecule has 0 aliphatic rings. The Hall–Kier alpha value is -0.630. The van der Waals surface area contributed by atoms with E-state index >= 15 is 0 Å². The van der Waals surface area contributed by atoms with Gasteiger partial charge in [-0.3, -0.25) is 0 Å². The highest BCUT2D eigenvalue weighted by Crippen LogP contribution is 2.13. The summed E-state index contributed by atoms with van der Waals surface area (Å²) in [5.41, 5.74) is 1.26. The SMILES string of the molecule is CCSCCCCOc1cccc(C)c1. The molecule has 0 amide bonds. The summed E-state index contributed by atoms with van der Waals surface area (Å²) in [6.45, 7) is 5.13. The van der Waals surface area contributed by atoms with E-state index in [1.807, 2.05) is 23.9 Å². The highest BCUT2D eigenvalue weighted by molar-refractivity contribution is 7.99. The molecule has 1 rings (SSSR count). The van der Waals surface area contributed by atoms with Gasteiger partial charge >= 0.3 is 0 Å². The van der Waals surface area contributed by atoms with Crippen molar-refractivity contribution in [2.45, 2.75) is 26.7 Å². The highest BCUT2D eigenvalue weighted by atomic mass is 32.2. The highest BCUT2D eigenvalue weighted by Gasteiger charge is 1.94. The molecule has 0 bridgehead atoms. The molecule has 1 nitrogen and oxygen atoms in total. The quantitative estimate of drug-likeness (QED) is 0.649. The van der Waals surface area contributed by atoms with E-state index in [2.05, 4.69) is 26.0 Å². The van der Waals surface area contributed by atoms with Crippen LogP contribution < -0.4 is 4.74 Å². The Labute approximate surface area is 97.2 Å². The normalized spacial score (nSPS) is 10.3. The Kier molecular flexibility index (Phi) is 6.33. The van der Waals surface area contributed by atoms with Gasteiger partial charge in [-0.25, -0.2) is 0 Å². The number of hydrogen-bond acceptors (Lipinski definition) is 2. The second kappa shape index (κ2) is 7.63. The molecule has 0 spiro atoms. The minimum absolute atomic E-state index is 0.841. The zero-order valence-corrected chi connectivity index (χ0v) is 10.5. The maximum atomic E-state index is 5.66. The van der Waals surface area contributed by atoms with Crippen LogP contribution in [-0.4, -0.2) is 18.1 Å². The summed E-state index contributed by atoms with van der Waals surface area (Å²) in [5.74, 6) is 3.48. The van der Waals surface area contributed by atoms with Crippen molar-refractivity contribution in [1.29, 1.82) is 0 Å².